The van der Waals surface area contributed by atoms with E-state index in [-0.39, 0.29) is 17.6 Å². The monoisotopic (exact) mass is 440 g/mol. The molecule has 1 N–H and O–H groups in total. The minimum atomic E-state index is -0.388. The van der Waals surface area contributed by atoms with Gasteiger partial charge in [-0.05, 0) is 50.2 Å². The summed E-state index contributed by atoms with van der Waals surface area (Å²) in [4.78, 5) is 24.1. The van der Waals surface area contributed by atoms with Crippen molar-refractivity contribution < 1.29 is 19.1 Å². The van der Waals surface area contributed by atoms with Crippen molar-refractivity contribution in [1.29, 1.82) is 0 Å². The molecule has 0 saturated carbocycles. The molecule has 0 aliphatic rings. The molecule has 2 aromatic carbocycles. The summed E-state index contributed by atoms with van der Waals surface area (Å²) in [6, 6.07) is 14.2. The summed E-state index contributed by atoms with van der Waals surface area (Å²) in [6.45, 7) is 4.72. The number of benzene rings is 2. The first-order valence-corrected chi connectivity index (χ1v) is 10.8. The number of carbonyl (C=O) groups excluding carboxylic acids is 2. The van der Waals surface area contributed by atoms with E-state index in [0.717, 1.165) is 5.56 Å². The number of methoxy groups -OCH3 is 1. The number of nitrogens with zero attached hydrogens (tertiary/aromatic N) is 3. The van der Waals surface area contributed by atoms with E-state index in [1.807, 2.05) is 35.8 Å². The average Bonchev–Trinajstić information content (AvgIpc) is 3.21. The summed E-state index contributed by atoms with van der Waals surface area (Å²) in [5.41, 5.74) is 1.89. The van der Waals surface area contributed by atoms with Crippen LogP contribution < -0.4 is 10.1 Å². The number of para-hydroxylation sites is 1. The fourth-order valence-corrected chi connectivity index (χ4v) is 3.74. The summed E-state index contributed by atoms with van der Waals surface area (Å²) in [7, 11) is 1.62. The standard InChI is InChI=1S/C22H24N4O4S/c1-4-26-20(17-8-6-7-9-18(17)29-3)24-25-22(26)31-14-19(27)23-16-12-10-15(11-13-16)21(28)30-5-2/h6-13H,4-5,14H2,1-3H3,(H,23,27). The number of thioether (sulfide) groups is 1. The maximum atomic E-state index is 12.4. The summed E-state index contributed by atoms with van der Waals surface area (Å²) in [6.07, 6.45) is 0. The maximum Gasteiger partial charge on any atom is 0.338 e. The number of amides is 1. The second-order valence-electron chi connectivity index (χ2n) is 6.39. The Morgan fingerprint density at radius 1 is 1.06 bits per heavy atom. The molecular formula is C22H24N4O4S. The van der Waals surface area contributed by atoms with Gasteiger partial charge in [-0.25, -0.2) is 4.79 Å². The van der Waals surface area contributed by atoms with Gasteiger partial charge in [-0.2, -0.15) is 0 Å². The van der Waals surface area contributed by atoms with Crippen LogP contribution in [0.2, 0.25) is 0 Å². The van der Waals surface area contributed by atoms with Crippen LogP contribution in [0.5, 0.6) is 5.75 Å². The Balaban J connectivity index is 1.64. The second kappa shape index (κ2) is 10.6. The van der Waals surface area contributed by atoms with E-state index in [4.69, 9.17) is 9.47 Å². The Kier molecular flexibility index (Phi) is 7.66. The molecular weight excluding hydrogens is 416 g/mol. The summed E-state index contributed by atoms with van der Waals surface area (Å²) >= 11 is 1.30. The van der Waals surface area contributed by atoms with Crippen LogP contribution in [0.25, 0.3) is 11.4 Å². The van der Waals surface area contributed by atoms with Crippen LogP contribution in [-0.2, 0) is 16.1 Å². The number of hydrogen-bond donors (Lipinski definition) is 1. The van der Waals surface area contributed by atoms with Gasteiger partial charge in [0.15, 0.2) is 11.0 Å². The lowest BCUT2D eigenvalue weighted by Gasteiger charge is -2.10. The number of nitrogens with one attached hydrogen (secondary N) is 1. The predicted octanol–water partition coefficient (Wildman–Crippen LogP) is 3.88. The number of carbonyl (C=O) groups is 2. The Hall–Kier alpha value is -3.33. The second-order valence-corrected chi connectivity index (χ2v) is 7.33. The van der Waals surface area contributed by atoms with Gasteiger partial charge in [0.25, 0.3) is 0 Å². The lowest BCUT2D eigenvalue weighted by Crippen LogP contribution is -2.15. The summed E-state index contributed by atoms with van der Waals surface area (Å²) < 4.78 is 12.3. The van der Waals surface area contributed by atoms with Gasteiger partial charge in [0, 0.05) is 12.2 Å². The average molecular weight is 441 g/mol. The smallest absolute Gasteiger partial charge is 0.338 e. The van der Waals surface area contributed by atoms with Gasteiger partial charge >= 0.3 is 5.97 Å². The molecule has 0 unspecified atom stereocenters. The highest BCUT2D eigenvalue weighted by Crippen LogP contribution is 2.30. The van der Waals surface area contributed by atoms with Gasteiger partial charge in [-0.15, -0.1) is 10.2 Å². The lowest BCUT2D eigenvalue weighted by molar-refractivity contribution is -0.113. The Morgan fingerprint density at radius 2 is 1.81 bits per heavy atom. The van der Waals surface area contributed by atoms with Crippen LogP contribution in [-0.4, -0.2) is 46.1 Å². The van der Waals surface area contributed by atoms with Gasteiger partial charge in [0.1, 0.15) is 5.75 Å². The first-order chi connectivity index (χ1) is 15.1. The lowest BCUT2D eigenvalue weighted by atomic mass is 10.2. The normalized spacial score (nSPS) is 10.5. The molecule has 1 amide bonds. The topological polar surface area (TPSA) is 95.3 Å². The van der Waals surface area contributed by atoms with Crippen LogP contribution in [0, 0.1) is 0 Å². The Bertz CT molecular complexity index is 1050. The first kappa shape index (κ1) is 22.4. The number of ether oxygens (including phenoxy) is 2. The van der Waals surface area contributed by atoms with E-state index < -0.39 is 0 Å². The van der Waals surface area contributed by atoms with E-state index in [0.29, 0.717) is 41.1 Å². The van der Waals surface area contributed by atoms with Crippen LogP contribution in [0.1, 0.15) is 24.2 Å². The van der Waals surface area contributed by atoms with Gasteiger partial charge in [0.2, 0.25) is 5.91 Å². The number of rotatable bonds is 9. The zero-order chi connectivity index (χ0) is 22.2. The quantitative estimate of drug-likeness (QED) is 0.398. The summed E-state index contributed by atoms with van der Waals surface area (Å²) in [5, 5.41) is 12.0. The molecule has 162 valence electrons. The molecule has 0 aliphatic carbocycles. The molecule has 0 bridgehead atoms. The van der Waals surface area contributed by atoms with E-state index in [1.54, 1.807) is 38.3 Å². The molecule has 31 heavy (non-hydrogen) atoms. The SMILES string of the molecule is CCOC(=O)c1ccc(NC(=O)CSc2nnc(-c3ccccc3OC)n2CC)cc1. The number of aromatic nitrogens is 3. The van der Waals surface area contributed by atoms with Gasteiger partial charge in [0.05, 0.1) is 30.6 Å². The van der Waals surface area contributed by atoms with Crippen LogP contribution in [0.4, 0.5) is 5.69 Å². The molecule has 8 nitrogen and oxygen atoms in total. The molecule has 0 atom stereocenters. The zero-order valence-electron chi connectivity index (χ0n) is 17.6. The van der Waals surface area contributed by atoms with Crippen molar-refractivity contribution in [1.82, 2.24) is 14.8 Å². The molecule has 1 aromatic heterocycles. The van der Waals surface area contributed by atoms with E-state index in [9.17, 15) is 9.59 Å². The predicted molar refractivity (Wildman–Crippen MR) is 119 cm³/mol. The molecule has 0 fully saturated rings. The molecule has 9 heteroatoms. The number of hydrogen-bond acceptors (Lipinski definition) is 7. The van der Waals surface area contributed by atoms with E-state index >= 15 is 0 Å². The molecule has 0 spiro atoms. The van der Waals surface area contributed by atoms with E-state index in [1.165, 1.54) is 11.8 Å². The fraction of sp³-hybridized carbons (Fsp3) is 0.273. The minimum Gasteiger partial charge on any atom is -0.496 e. The number of anilines is 1. The van der Waals surface area contributed by atoms with E-state index in [2.05, 4.69) is 15.5 Å². The van der Waals surface area contributed by atoms with Crippen molar-refractivity contribution in [3.63, 3.8) is 0 Å². The van der Waals surface area contributed by atoms with Crippen molar-refractivity contribution in [2.75, 3.05) is 24.8 Å². The van der Waals surface area contributed by atoms with Crippen LogP contribution >= 0.6 is 11.8 Å². The third-order valence-electron chi connectivity index (χ3n) is 4.39. The van der Waals surface area contributed by atoms with Crippen molar-refractivity contribution in [3.05, 3.63) is 54.1 Å². The molecule has 0 saturated heterocycles. The third-order valence-corrected chi connectivity index (χ3v) is 5.36. The zero-order valence-corrected chi connectivity index (χ0v) is 18.4. The first-order valence-electron chi connectivity index (χ1n) is 9.83. The van der Waals surface area contributed by atoms with Gasteiger partial charge in [-0.1, -0.05) is 23.9 Å². The largest absolute Gasteiger partial charge is 0.496 e. The third kappa shape index (κ3) is 5.43. The molecule has 3 aromatic rings. The number of esters is 1. The maximum absolute atomic E-state index is 12.4. The Morgan fingerprint density at radius 3 is 2.48 bits per heavy atom. The van der Waals surface area contributed by atoms with Crippen LogP contribution in [0.3, 0.4) is 0 Å². The van der Waals surface area contributed by atoms with Crippen LogP contribution in [0.15, 0.2) is 53.7 Å². The fourth-order valence-electron chi connectivity index (χ4n) is 2.94. The van der Waals surface area contributed by atoms with Crippen molar-refractivity contribution >= 4 is 29.3 Å². The molecule has 0 aliphatic heterocycles. The molecule has 0 radical (unpaired) electrons. The van der Waals surface area contributed by atoms with Gasteiger partial charge in [-0.3, -0.25) is 4.79 Å². The van der Waals surface area contributed by atoms with Crippen molar-refractivity contribution in [2.24, 2.45) is 0 Å². The Labute approximate surface area is 185 Å². The molecule has 3 rings (SSSR count). The summed E-state index contributed by atoms with van der Waals surface area (Å²) in [5.74, 6) is 1.01. The highest BCUT2D eigenvalue weighted by Gasteiger charge is 2.17. The van der Waals surface area contributed by atoms with Crippen molar-refractivity contribution in [2.45, 2.75) is 25.5 Å². The van der Waals surface area contributed by atoms with Crippen molar-refractivity contribution in [3.8, 4) is 17.1 Å². The molecule has 1 heterocycles. The van der Waals surface area contributed by atoms with Gasteiger partial charge < -0.3 is 19.4 Å². The highest BCUT2D eigenvalue weighted by atomic mass is 32.2. The minimum absolute atomic E-state index is 0.170. The highest BCUT2D eigenvalue weighted by molar-refractivity contribution is 7.99.